The van der Waals surface area contributed by atoms with E-state index in [1.165, 1.54) is 7.11 Å². The van der Waals surface area contributed by atoms with Crippen LogP contribution in [0.25, 0.3) is 0 Å². The third-order valence-corrected chi connectivity index (χ3v) is 2.99. The van der Waals surface area contributed by atoms with Crippen molar-refractivity contribution in [3.8, 4) is 0 Å². The van der Waals surface area contributed by atoms with Crippen LogP contribution >= 0.6 is 0 Å². The minimum Gasteiger partial charge on any atom is -0.469 e. The van der Waals surface area contributed by atoms with Gasteiger partial charge in [0.1, 0.15) is 5.60 Å². The number of carbonyl (C=O) groups is 2. The van der Waals surface area contributed by atoms with Crippen molar-refractivity contribution in [3.05, 3.63) is 0 Å². The van der Waals surface area contributed by atoms with Crippen molar-refractivity contribution in [1.29, 1.82) is 0 Å². The Labute approximate surface area is 102 Å². The highest BCUT2D eigenvalue weighted by Gasteiger charge is 2.60. The number of rotatable bonds is 3. The van der Waals surface area contributed by atoms with Crippen molar-refractivity contribution >= 4 is 12.1 Å². The van der Waals surface area contributed by atoms with Gasteiger partial charge in [-0.2, -0.15) is 0 Å². The molecule has 2 atom stereocenters. The first kappa shape index (κ1) is 13.8. The molecule has 5 heteroatoms. The standard InChI is InChI=1S/C12H21NO4/c1-6-12(9(14)16-5)7-8(12)13-10(15)17-11(2,3)4/h8H,6-7H2,1-5H3,(H,13,15)/t8-,12+/m1/s1. The number of hydrogen-bond acceptors (Lipinski definition) is 4. The van der Waals surface area contributed by atoms with Crippen LogP contribution in [0.5, 0.6) is 0 Å². The van der Waals surface area contributed by atoms with Crippen molar-refractivity contribution in [1.82, 2.24) is 5.32 Å². The second kappa shape index (κ2) is 4.55. The third kappa shape index (κ3) is 3.11. The van der Waals surface area contributed by atoms with Crippen molar-refractivity contribution in [3.63, 3.8) is 0 Å². The van der Waals surface area contributed by atoms with Gasteiger partial charge in [0.25, 0.3) is 0 Å². The summed E-state index contributed by atoms with van der Waals surface area (Å²) in [5.41, 5.74) is -1.08. The molecule has 0 aliphatic heterocycles. The average molecular weight is 243 g/mol. The first-order valence-corrected chi connectivity index (χ1v) is 5.83. The van der Waals surface area contributed by atoms with Gasteiger partial charge in [-0.3, -0.25) is 4.79 Å². The average Bonchev–Trinajstić information content (AvgIpc) is 2.88. The van der Waals surface area contributed by atoms with E-state index in [-0.39, 0.29) is 12.0 Å². The zero-order valence-electron chi connectivity index (χ0n) is 11.1. The summed E-state index contributed by atoms with van der Waals surface area (Å²) in [5, 5.41) is 2.71. The molecule has 0 aromatic rings. The number of hydrogen-bond donors (Lipinski definition) is 1. The summed E-state index contributed by atoms with van der Waals surface area (Å²) in [6.45, 7) is 7.31. The smallest absolute Gasteiger partial charge is 0.407 e. The summed E-state index contributed by atoms with van der Waals surface area (Å²) in [4.78, 5) is 23.1. The molecule has 1 amide bonds. The number of alkyl carbamates (subject to hydrolysis) is 1. The normalized spacial score (nSPS) is 27.2. The molecule has 5 nitrogen and oxygen atoms in total. The lowest BCUT2D eigenvalue weighted by molar-refractivity contribution is -0.147. The van der Waals surface area contributed by atoms with Gasteiger partial charge in [0.2, 0.25) is 0 Å². The lowest BCUT2D eigenvalue weighted by atomic mass is 10.0. The Morgan fingerprint density at radius 2 is 2.00 bits per heavy atom. The molecule has 0 aromatic heterocycles. The van der Waals surface area contributed by atoms with Gasteiger partial charge in [0.15, 0.2) is 0 Å². The van der Waals surface area contributed by atoms with Crippen molar-refractivity contribution in [2.24, 2.45) is 5.41 Å². The molecule has 17 heavy (non-hydrogen) atoms. The van der Waals surface area contributed by atoms with E-state index in [0.717, 1.165) is 0 Å². The summed E-state index contributed by atoms with van der Waals surface area (Å²) >= 11 is 0. The molecule has 1 fully saturated rings. The fourth-order valence-corrected chi connectivity index (χ4v) is 1.91. The third-order valence-electron chi connectivity index (χ3n) is 2.99. The Bertz CT molecular complexity index is 321. The van der Waals surface area contributed by atoms with Crippen LogP contribution < -0.4 is 5.32 Å². The maximum absolute atomic E-state index is 11.6. The molecule has 1 aliphatic carbocycles. The van der Waals surface area contributed by atoms with Gasteiger partial charge >= 0.3 is 12.1 Å². The van der Waals surface area contributed by atoms with E-state index in [9.17, 15) is 9.59 Å². The van der Waals surface area contributed by atoms with Gasteiger partial charge in [0, 0.05) is 6.04 Å². The zero-order valence-corrected chi connectivity index (χ0v) is 11.1. The van der Waals surface area contributed by atoms with E-state index in [4.69, 9.17) is 9.47 Å². The summed E-state index contributed by atoms with van der Waals surface area (Å²) in [6, 6.07) is -0.171. The van der Waals surface area contributed by atoms with Crippen LogP contribution in [0.15, 0.2) is 0 Å². The molecule has 0 spiro atoms. The van der Waals surface area contributed by atoms with Gasteiger partial charge in [0.05, 0.1) is 12.5 Å². The number of amides is 1. The molecule has 1 aliphatic rings. The highest BCUT2D eigenvalue weighted by molar-refractivity contribution is 5.83. The summed E-state index contributed by atoms with van der Waals surface area (Å²) in [6.07, 6.45) is 0.789. The number of esters is 1. The van der Waals surface area contributed by atoms with Gasteiger partial charge in [-0.1, -0.05) is 6.92 Å². The highest BCUT2D eigenvalue weighted by Crippen LogP contribution is 2.49. The maximum atomic E-state index is 11.6. The first-order chi connectivity index (χ1) is 7.75. The van der Waals surface area contributed by atoms with E-state index in [1.54, 1.807) is 20.8 Å². The summed E-state index contributed by atoms with van der Waals surface area (Å²) in [5.74, 6) is -0.263. The Morgan fingerprint density at radius 3 is 2.41 bits per heavy atom. The first-order valence-electron chi connectivity index (χ1n) is 5.83. The molecule has 0 radical (unpaired) electrons. The largest absolute Gasteiger partial charge is 0.469 e. The monoisotopic (exact) mass is 243 g/mol. The predicted octanol–water partition coefficient (Wildman–Crippen LogP) is 1.85. The molecule has 98 valence electrons. The second-order valence-corrected chi connectivity index (χ2v) is 5.40. The van der Waals surface area contributed by atoms with Crippen LogP contribution in [0.1, 0.15) is 40.5 Å². The molecule has 0 unspecified atom stereocenters. The van der Waals surface area contributed by atoms with Gasteiger partial charge in [-0.15, -0.1) is 0 Å². The molecule has 0 saturated heterocycles. The second-order valence-electron chi connectivity index (χ2n) is 5.40. The van der Waals surface area contributed by atoms with E-state index < -0.39 is 17.1 Å². The minimum absolute atomic E-state index is 0.171. The van der Waals surface area contributed by atoms with Gasteiger partial charge in [-0.05, 0) is 33.6 Å². The molecule has 0 aromatic carbocycles. The van der Waals surface area contributed by atoms with Gasteiger partial charge in [-0.25, -0.2) is 4.79 Å². The van der Waals surface area contributed by atoms with E-state index >= 15 is 0 Å². The Morgan fingerprint density at radius 1 is 1.41 bits per heavy atom. The number of carbonyl (C=O) groups excluding carboxylic acids is 2. The van der Waals surface area contributed by atoms with Crippen LogP contribution in [0.3, 0.4) is 0 Å². The highest BCUT2D eigenvalue weighted by atomic mass is 16.6. The van der Waals surface area contributed by atoms with E-state index in [1.807, 2.05) is 6.92 Å². The number of nitrogens with one attached hydrogen (secondary N) is 1. The Kier molecular flexibility index (Phi) is 3.69. The molecule has 1 rings (SSSR count). The van der Waals surface area contributed by atoms with Crippen LogP contribution in [0, 0.1) is 5.41 Å². The molecule has 0 heterocycles. The van der Waals surface area contributed by atoms with Crippen LogP contribution in [-0.2, 0) is 14.3 Å². The lowest BCUT2D eigenvalue weighted by Gasteiger charge is -2.20. The van der Waals surface area contributed by atoms with E-state index in [0.29, 0.717) is 12.8 Å². The zero-order chi connectivity index (χ0) is 13.3. The van der Waals surface area contributed by atoms with Crippen LogP contribution in [0.2, 0.25) is 0 Å². The van der Waals surface area contributed by atoms with Crippen molar-refractivity contribution in [2.45, 2.75) is 52.2 Å². The summed E-state index contributed by atoms with van der Waals surface area (Å²) < 4.78 is 9.89. The molecule has 0 bridgehead atoms. The minimum atomic E-state index is -0.550. The maximum Gasteiger partial charge on any atom is 0.407 e. The number of ether oxygens (including phenoxy) is 2. The topological polar surface area (TPSA) is 64.6 Å². The fourth-order valence-electron chi connectivity index (χ4n) is 1.91. The van der Waals surface area contributed by atoms with Crippen LogP contribution in [0.4, 0.5) is 4.79 Å². The molecule has 1 N–H and O–H groups in total. The quantitative estimate of drug-likeness (QED) is 0.768. The predicted molar refractivity (Wildman–Crippen MR) is 62.5 cm³/mol. The molecular formula is C12H21NO4. The number of methoxy groups -OCH3 is 1. The lowest BCUT2D eigenvalue weighted by Crippen LogP contribution is -2.37. The Balaban J connectivity index is 2.51. The SMILES string of the molecule is CC[C@]1(C(=O)OC)C[C@H]1NC(=O)OC(C)(C)C. The van der Waals surface area contributed by atoms with Crippen LogP contribution in [-0.4, -0.2) is 30.8 Å². The molecular weight excluding hydrogens is 222 g/mol. The Hall–Kier alpha value is -1.26. The van der Waals surface area contributed by atoms with Gasteiger partial charge < -0.3 is 14.8 Å². The van der Waals surface area contributed by atoms with Crippen molar-refractivity contribution in [2.75, 3.05) is 7.11 Å². The molecule has 1 saturated carbocycles. The van der Waals surface area contributed by atoms with Crippen molar-refractivity contribution < 1.29 is 19.1 Å². The fraction of sp³-hybridized carbons (Fsp3) is 0.833. The van der Waals surface area contributed by atoms with E-state index in [2.05, 4.69) is 5.32 Å². The summed E-state index contributed by atoms with van der Waals surface area (Å²) in [7, 11) is 1.36.